The molecular formula is C31H35F3. The Morgan fingerprint density at radius 1 is 0.853 bits per heavy atom. The van der Waals surface area contributed by atoms with Gasteiger partial charge >= 0.3 is 0 Å². The van der Waals surface area contributed by atoms with Gasteiger partial charge in [0.2, 0.25) is 0 Å². The minimum atomic E-state index is -0.762. The molecule has 0 heterocycles. The lowest BCUT2D eigenvalue weighted by Crippen LogP contribution is -2.14. The number of halogens is 3. The van der Waals surface area contributed by atoms with Gasteiger partial charge in [-0.2, -0.15) is 0 Å². The molecule has 0 aromatic heterocycles. The quantitative estimate of drug-likeness (QED) is 0.382. The first kappa shape index (κ1) is 24.6. The van der Waals surface area contributed by atoms with E-state index in [9.17, 15) is 4.39 Å². The van der Waals surface area contributed by atoms with Crippen molar-refractivity contribution in [3.8, 4) is 11.1 Å². The average molecular weight is 465 g/mol. The van der Waals surface area contributed by atoms with E-state index in [-0.39, 0.29) is 23.2 Å². The minimum Gasteiger partial charge on any atom is -0.207 e. The molecule has 0 unspecified atom stereocenters. The second-order valence-corrected chi connectivity index (χ2v) is 9.87. The third kappa shape index (κ3) is 5.56. The lowest BCUT2D eigenvalue weighted by molar-refractivity contribution is 0.303. The SMILES string of the molecule is CCCC1CCC(c2ccc(-c3ccc(/C=C/C4=CC[C@H](CC)C=C4F)cc3)c(F)c2F)CC1. The molecule has 0 radical (unpaired) electrons. The fourth-order valence-electron chi connectivity index (χ4n) is 5.41. The molecule has 180 valence electrons. The van der Waals surface area contributed by atoms with Crippen LogP contribution < -0.4 is 0 Å². The van der Waals surface area contributed by atoms with Crippen LogP contribution in [0.15, 0.2) is 66.0 Å². The van der Waals surface area contributed by atoms with Gasteiger partial charge in [-0.3, -0.25) is 0 Å². The Bertz CT molecular complexity index is 1070. The smallest absolute Gasteiger partial charge is 0.166 e. The van der Waals surface area contributed by atoms with E-state index < -0.39 is 11.6 Å². The summed E-state index contributed by atoms with van der Waals surface area (Å²) in [4.78, 5) is 0. The van der Waals surface area contributed by atoms with E-state index in [1.807, 2.05) is 24.3 Å². The molecule has 1 fully saturated rings. The van der Waals surface area contributed by atoms with Gasteiger partial charge in [0.25, 0.3) is 0 Å². The molecule has 34 heavy (non-hydrogen) atoms. The second kappa shape index (κ2) is 11.3. The summed E-state index contributed by atoms with van der Waals surface area (Å²) in [6.07, 6.45) is 15.5. The molecule has 0 aliphatic heterocycles. The van der Waals surface area contributed by atoms with Crippen LogP contribution in [0, 0.1) is 23.5 Å². The highest BCUT2D eigenvalue weighted by Crippen LogP contribution is 2.40. The normalized spacial score (nSPS) is 23.1. The number of rotatable bonds is 7. The van der Waals surface area contributed by atoms with Crippen molar-refractivity contribution in [2.24, 2.45) is 11.8 Å². The molecular weight excluding hydrogens is 429 g/mol. The predicted octanol–water partition coefficient (Wildman–Crippen LogP) is 9.93. The van der Waals surface area contributed by atoms with Crippen LogP contribution in [0.5, 0.6) is 0 Å². The van der Waals surface area contributed by atoms with Crippen LogP contribution in [0.25, 0.3) is 17.2 Å². The van der Waals surface area contributed by atoms with Gasteiger partial charge in [-0.05, 0) is 79.0 Å². The van der Waals surface area contributed by atoms with E-state index in [2.05, 4.69) is 13.8 Å². The Hall–Kier alpha value is -2.55. The molecule has 0 spiro atoms. The molecule has 2 aromatic rings. The Morgan fingerprint density at radius 3 is 2.24 bits per heavy atom. The third-order valence-electron chi connectivity index (χ3n) is 7.60. The number of hydrogen-bond donors (Lipinski definition) is 0. The summed E-state index contributed by atoms with van der Waals surface area (Å²) in [7, 11) is 0. The molecule has 0 bridgehead atoms. The van der Waals surface area contributed by atoms with E-state index in [0.717, 1.165) is 50.0 Å². The minimum absolute atomic E-state index is 0.111. The highest BCUT2D eigenvalue weighted by Gasteiger charge is 2.26. The number of benzene rings is 2. The van der Waals surface area contributed by atoms with Crippen molar-refractivity contribution in [2.75, 3.05) is 0 Å². The first-order valence-corrected chi connectivity index (χ1v) is 12.8. The summed E-state index contributed by atoms with van der Waals surface area (Å²) < 4.78 is 44.3. The lowest BCUT2D eigenvalue weighted by Gasteiger charge is -2.29. The highest BCUT2D eigenvalue weighted by atomic mass is 19.2. The van der Waals surface area contributed by atoms with Crippen LogP contribution in [0.3, 0.4) is 0 Å². The fraction of sp³-hybridized carbons (Fsp3) is 0.419. The molecule has 2 aromatic carbocycles. The van der Waals surface area contributed by atoms with E-state index in [4.69, 9.17) is 0 Å². The van der Waals surface area contributed by atoms with E-state index in [0.29, 0.717) is 16.7 Å². The van der Waals surface area contributed by atoms with Crippen molar-refractivity contribution in [1.29, 1.82) is 0 Å². The molecule has 2 aliphatic carbocycles. The Morgan fingerprint density at radius 2 is 1.59 bits per heavy atom. The highest BCUT2D eigenvalue weighted by molar-refractivity contribution is 5.67. The van der Waals surface area contributed by atoms with Gasteiger partial charge in [0.15, 0.2) is 11.6 Å². The number of hydrogen-bond acceptors (Lipinski definition) is 0. The summed E-state index contributed by atoms with van der Waals surface area (Å²) in [5.41, 5.74) is 2.93. The van der Waals surface area contributed by atoms with Gasteiger partial charge in [-0.1, -0.05) is 81.3 Å². The molecule has 4 rings (SSSR count). The van der Waals surface area contributed by atoms with Crippen LogP contribution >= 0.6 is 0 Å². The number of allylic oxidation sites excluding steroid dienone is 5. The van der Waals surface area contributed by atoms with Crippen molar-refractivity contribution in [3.63, 3.8) is 0 Å². The fourth-order valence-corrected chi connectivity index (χ4v) is 5.41. The van der Waals surface area contributed by atoms with E-state index in [1.165, 1.54) is 12.8 Å². The Balaban J connectivity index is 1.45. The second-order valence-electron chi connectivity index (χ2n) is 9.87. The molecule has 0 amide bonds. The molecule has 1 atom stereocenters. The van der Waals surface area contributed by atoms with Crippen molar-refractivity contribution in [2.45, 2.75) is 71.1 Å². The van der Waals surface area contributed by atoms with E-state index in [1.54, 1.807) is 36.4 Å². The van der Waals surface area contributed by atoms with Crippen molar-refractivity contribution < 1.29 is 13.2 Å². The first-order chi connectivity index (χ1) is 16.5. The standard InChI is InChI=1S/C31H35F3/c1-3-5-22-7-12-24(13-8-22)27-18-19-28(31(34)30(27)33)25-14-9-23(10-15-25)11-17-26-16-6-21(4-2)20-29(26)32/h9-11,14-22,24H,3-8,12-13H2,1-2H3/b17-11+/t21-,22?,24?/m0/s1. The third-order valence-corrected chi connectivity index (χ3v) is 7.60. The topological polar surface area (TPSA) is 0 Å². The van der Waals surface area contributed by atoms with Crippen LogP contribution in [-0.4, -0.2) is 0 Å². The van der Waals surface area contributed by atoms with Gasteiger partial charge < -0.3 is 0 Å². The van der Waals surface area contributed by atoms with Crippen molar-refractivity contribution in [1.82, 2.24) is 0 Å². The van der Waals surface area contributed by atoms with Crippen molar-refractivity contribution in [3.05, 3.63) is 88.8 Å². The molecule has 0 nitrogen and oxygen atoms in total. The van der Waals surface area contributed by atoms with Crippen LogP contribution in [0.1, 0.15) is 82.3 Å². The molecule has 0 N–H and O–H groups in total. The molecule has 2 aliphatic rings. The van der Waals surface area contributed by atoms with Gasteiger partial charge in [-0.15, -0.1) is 0 Å². The summed E-state index contributed by atoms with van der Waals surface area (Å²) in [6, 6.07) is 10.8. The van der Waals surface area contributed by atoms with E-state index >= 15 is 8.78 Å². The maximum atomic E-state index is 15.1. The largest absolute Gasteiger partial charge is 0.207 e. The zero-order valence-corrected chi connectivity index (χ0v) is 20.3. The lowest BCUT2D eigenvalue weighted by atomic mass is 9.77. The Kier molecular flexibility index (Phi) is 8.13. The summed E-state index contributed by atoms with van der Waals surface area (Å²) in [5, 5.41) is 0. The Labute approximate surface area is 202 Å². The molecule has 3 heteroatoms. The zero-order valence-electron chi connectivity index (χ0n) is 20.3. The zero-order chi connectivity index (χ0) is 24.1. The maximum absolute atomic E-state index is 15.1. The first-order valence-electron chi connectivity index (χ1n) is 12.8. The average Bonchev–Trinajstić information content (AvgIpc) is 2.86. The van der Waals surface area contributed by atoms with Gasteiger partial charge in [-0.25, -0.2) is 13.2 Å². The van der Waals surface area contributed by atoms with Gasteiger partial charge in [0.05, 0.1) is 0 Å². The van der Waals surface area contributed by atoms with Crippen LogP contribution in [-0.2, 0) is 0 Å². The van der Waals surface area contributed by atoms with Crippen molar-refractivity contribution >= 4 is 6.08 Å². The molecule has 0 saturated heterocycles. The molecule has 1 saturated carbocycles. The summed E-state index contributed by atoms with van der Waals surface area (Å²) in [6.45, 7) is 4.27. The monoisotopic (exact) mass is 464 g/mol. The predicted molar refractivity (Wildman–Crippen MR) is 136 cm³/mol. The van der Waals surface area contributed by atoms with Gasteiger partial charge in [0.1, 0.15) is 5.83 Å². The summed E-state index contributed by atoms with van der Waals surface area (Å²) >= 11 is 0. The van der Waals surface area contributed by atoms with Gasteiger partial charge in [0, 0.05) is 11.1 Å². The maximum Gasteiger partial charge on any atom is 0.166 e. The van der Waals surface area contributed by atoms with Crippen LogP contribution in [0.2, 0.25) is 0 Å². The summed E-state index contributed by atoms with van der Waals surface area (Å²) in [5.74, 6) is -0.521. The van der Waals surface area contributed by atoms with Crippen LogP contribution in [0.4, 0.5) is 13.2 Å².